The molecule has 0 aromatic heterocycles. The normalized spacial score (nSPS) is 17.8. The number of hydrogen-bond acceptors (Lipinski definition) is 4. The highest BCUT2D eigenvalue weighted by Crippen LogP contribution is 2.25. The molecule has 0 aliphatic carbocycles. The van der Waals surface area contributed by atoms with Gasteiger partial charge in [-0.2, -0.15) is 11.8 Å². The zero-order chi connectivity index (χ0) is 17.4. The predicted molar refractivity (Wildman–Crippen MR) is 117 cm³/mol. The first kappa shape index (κ1) is 22.5. The van der Waals surface area contributed by atoms with E-state index in [1.807, 2.05) is 36.0 Å². The number of nitrogens with zero attached hydrogens (tertiary/aromatic N) is 1. The van der Waals surface area contributed by atoms with E-state index < -0.39 is 10.0 Å². The second kappa shape index (κ2) is 11.2. The third-order valence-electron chi connectivity index (χ3n) is 3.90. The van der Waals surface area contributed by atoms with E-state index in [1.54, 1.807) is 7.05 Å². The molecule has 0 spiro atoms. The van der Waals surface area contributed by atoms with Crippen molar-refractivity contribution in [1.29, 1.82) is 0 Å². The molecule has 0 saturated carbocycles. The summed E-state index contributed by atoms with van der Waals surface area (Å²) in [4.78, 5) is 4.24. The molecule has 1 aliphatic heterocycles. The van der Waals surface area contributed by atoms with E-state index in [-0.39, 0.29) is 29.7 Å². The Balaban J connectivity index is 0.00000312. The van der Waals surface area contributed by atoms with Crippen molar-refractivity contribution in [3.63, 3.8) is 0 Å². The average Bonchev–Trinajstić information content (AvgIpc) is 3.09. The second-order valence-electron chi connectivity index (χ2n) is 5.72. The maximum absolute atomic E-state index is 11.5. The van der Waals surface area contributed by atoms with Crippen LogP contribution in [-0.2, 0) is 22.3 Å². The Morgan fingerprint density at radius 3 is 2.48 bits per heavy atom. The summed E-state index contributed by atoms with van der Waals surface area (Å²) in [6.45, 7) is 1.59. The van der Waals surface area contributed by atoms with Gasteiger partial charge in [0.05, 0.1) is 5.75 Å². The quantitative estimate of drug-likeness (QED) is 0.304. The number of benzene rings is 1. The van der Waals surface area contributed by atoms with Gasteiger partial charge in [-0.3, -0.25) is 4.99 Å². The van der Waals surface area contributed by atoms with Gasteiger partial charge in [0.2, 0.25) is 10.0 Å². The van der Waals surface area contributed by atoms with Crippen molar-refractivity contribution in [2.75, 3.05) is 26.4 Å². The van der Waals surface area contributed by atoms with Crippen molar-refractivity contribution in [2.45, 2.75) is 30.4 Å². The van der Waals surface area contributed by atoms with E-state index in [0.717, 1.165) is 23.6 Å². The van der Waals surface area contributed by atoms with Crippen LogP contribution in [0.4, 0.5) is 0 Å². The van der Waals surface area contributed by atoms with E-state index in [0.29, 0.717) is 11.8 Å². The van der Waals surface area contributed by atoms with Crippen molar-refractivity contribution >= 4 is 51.7 Å². The summed E-state index contributed by atoms with van der Waals surface area (Å²) in [5.74, 6) is 2.05. The van der Waals surface area contributed by atoms with Crippen molar-refractivity contribution in [2.24, 2.45) is 4.99 Å². The number of sulfonamides is 1. The fourth-order valence-electron chi connectivity index (χ4n) is 2.47. The number of guanidine groups is 1. The van der Waals surface area contributed by atoms with Crippen LogP contribution < -0.4 is 15.4 Å². The Morgan fingerprint density at radius 2 is 1.92 bits per heavy atom. The Bertz CT molecular complexity index is 645. The lowest BCUT2D eigenvalue weighted by atomic mass is 10.1. The lowest BCUT2D eigenvalue weighted by Gasteiger charge is -2.15. The van der Waals surface area contributed by atoms with Gasteiger partial charge in [0, 0.05) is 25.4 Å². The Labute approximate surface area is 172 Å². The molecular weight excluding hydrogens is 471 g/mol. The van der Waals surface area contributed by atoms with Gasteiger partial charge in [0.15, 0.2) is 5.96 Å². The van der Waals surface area contributed by atoms with Gasteiger partial charge in [-0.05, 0) is 36.8 Å². The Hall–Kier alpha value is -0.520. The molecule has 2 rings (SSSR count). The van der Waals surface area contributed by atoms with Crippen LogP contribution >= 0.6 is 35.7 Å². The van der Waals surface area contributed by atoms with Crippen molar-refractivity contribution in [3.05, 3.63) is 35.4 Å². The van der Waals surface area contributed by atoms with Gasteiger partial charge in [0.25, 0.3) is 0 Å². The molecule has 142 valence electrons. The highest BCUT2D eigenvalue weighted by atomic mass is 127. The van der Waals surface area contributed by atoms with Crippen LogP contribution in [0.1, 0.15) is 24.0 Å². The Morgan fingerprint density at radius 1 is 1.24 bits per heavy atom. The molecule has 9 heteroatoms. The molecule has 0 bridgehead atoms. The van der Waals surface area contributed by atoms with Crippen LogP contribution in [0.5, 0.6) is 0 Å². The molecule has 3 N–H and O–H groups in total. The molecule has 1 unspecified atom stereocenters. The number of rotatable bonds is 7. The summed E-state index contributed by atoms with van der Waals surface area (Å²) in [5.41, 5.74) is 1.85. The fraction of sp³-hybridized carbons (Fsp3) is 0.562. The smallest absolute Gasteiger partial charge is 0.215 e. The number of halogens is 1. The lowest BCUT2D eigenvalue weighted by Crippen LogP contribution is -2.39. The van der Waals surface area contributed by atoms with Crippen LogP contribution in [0, 0.1) is 0 Å². The van der Waals surface area contributed by atoms with Crippen LogP contribution in [0.2, 0.25) is 0 Å². The highest BCUT2D eigenvalue weighted by molar-refractivity contribution is 14.0. The minimum Gasteiger partial charge on any atom is -0.355 e. The van der Waals surface area contributed by atoms with Gasteiger partial charge in [-0.15, -0.1) is 24.0 Å². The van der Waals surface area contributed by atoms with Crippen molar-refractivity contribution in [3.8, 4) is 0 Å². The zero-order valence-corrected chi connectivity index (χ0v) is 18.6. The second-order valence-corrected chi connectivity index (χ2v) is 9.06. The molecule has 0 amide bonds. The first-order valence-electron chi connectivity index (χ1n) is 8.07. The first-order chi connectivity index (χ1) is 11.5. The summed E-state index contributed by atoms with van der Waals surface area (Å²) < 4.78 is 25.4. The standard InChI is InChI=1S/C16H26N4O2S2.HI/c1-17-16(20-11-15-4-3-9-23-15)19-10-13-5-7-14(8-6-13)12-24(21,22)18-2;/h5-8,15,18H,3-4,9-12H2,1-2H3,(H2,17,19,20);1H. The third kappa shape index (κ3) is 8.14. The highest BCUT2D eigenvalue weighted by Gasteiger charge is 2.15. The van der Waals surface area contributed by atoms with Gasteiger partial charge >= 0.3 is 0 Å². The Kier molecular flexibility index (Phi) is 10.1. The molecular formula is C16H27IN4O2S2. The summed E-state index contributed by atoms with van der Waals surface area (Å²) >= 11 is 2.02. The summed E-state index contributed by atoms with van der Waals surface area (Å²) in [5, 5.41) is 7.33. The molecule has 1 atom stereocenters. The molecule has 1 aromatic rings. The fourth-order valence-corrected chi connectivity index (χ4v) is 4.44. The maximum Gasteiger partial charge on any atom is 0.215 e. The number of nitrogens with one attached hydrogen (secondary N) is 3. The average molecular weight is 498 g/mol. The monoisotopic (exact) mass is 498 g/mol. The SMILES string of the molecule is CN=C(NCc1ccc(CS(=O)(=O)NC)cc1)NCC1CCCS1.I. The molecule has 6 nitrogen and oxygen atoms in total. The van der Waals surface area contributed by atoms with Gasteiger partial charge in [-0.1, -0.05) is 24.3 Å². The molecule has 1 saturated heterocycles. The lowest BCUT2D eigenvalue weighted by molar-refractivity contribution is 0.587. The van der Waals surface area contributed by atoms with Crippen LogP contribution in [0.15, 0.2) is 29.3 Å². The van der Waals surface area contributed by atoms with E-state index >= 15 is 0 Å². The third-order valence-corrected chi connectivity index (χ3v) is 6.63. The number of thioether (sulfide) groups is 1. The predicted octanol–water partition coefficient (Wildman–Crippen LogP) is 1.91. The summed E-state index contributed by atoms with van der Waals surface area (Å²) in [6, 6.07) is 7.57. The van der Waals surface area contributed by atoms with Gasteiger partial charge < -0.3 is 10.6 Å². The zero-order valence-electron chi connectivity index (χ0n) is 14.6. The molecule has 25 heavy (non-hydrogen) atoms. The molecule has 1 heterocycles. The van der Waals surface area contributed by atoms with Crippen LogP contribution in [0.25, 0.3) is 0 Å². The van der Waals surface area contributed by atoms with Crippen LogP contribution in [-0.4, -0.2) is 46.0 Å². The first-order valence-corrected chi connectivity index (χ1v) is 10.8. The topological polar surface area (TPSA) is 82.6 Å². The minimum absolute atomic E-state index is 0. The van der Waals surface area contributed by atoms with Crippen molar-refractivity contribution in [1.82, 2.24) is 15.4 Å². The summed E-state index contributed by atoms with van der Waals surface area (Å²) in [6.07, 6.45) is 2.57. The molecule has 1 aromatic carbocycles. The van der Waals surface area contributed by atoms with E-state index in [9.17, 15) is 8.42 Å². The van der Waals surface area contributed by atoms with Crippen LogP contribution in [0.3, 0.4) is 0 Å². The molecule has 1 fully saturated rings. The van der Waals surface area contributed by atoms with Crippen molar-refractivity contribution < 1.29 is 8.42 Å². The maximum atomic E-state index is 11.5. The van der Waals surface area contributed by atoms with E-state index in [2.05, 4.69) is 20.3 Å². The largest absolute Gasteiger partial charge is 0.355 e. The van der Waals surface area contributed by atoms with E-state index in [4.69, 9.17) is 0 Å². The number of hydrogen-bond donors (Lipinski definition) is 3. The van der Waals surface area contributed by atoms with E-state index in [1.165, 1.54) is 25.6 Å². The molecule has 0 radical (unpaired) electrons. The summed E-state index contributed by atoms with van der Waals surface area (Å²) in [7, 11) is -0.0338. The minimum atomic E-state index is -3.23. The number of aliphatic imine (C=N–C) groups is 1. The molecule has 1 aliphatic rings. The van der Waals surface area contributed by atoms with Gasteiger partial charge in [-0.25, -0.2) is 13.1 Å². The van der Waals surface area contributed by atoms with Gasteiger partial charge in [0.1, 0.15) is 0 Å².